The van der Waals surface area contributed by atoms with Gasteiger partial charge in [-0.3, -0.25) is 4.79 Å². The first-order valence-electron chi connectivity index (χ1n) is 6.33. The predicted octanol–water partition coefficient (Wildman–Crippen LogP) is 1.90. The highest BCUT2D eigenvalue weighted by atomic mass is 32.2. The summed E-state index contributed by atoms with van der Waals surface area (Å²) < 4.78 is 0. The van der Waals surface area contributed by atoms with Crippen molar-refractivity contribution in [2.45, 2.75) is 24.6 Å². The molecule has 1 atom stereocenters. The van der Waals surface area contributed by atoms with E-state index < -0.39 is 0 Å². The summed E-state index contributed by atoms with van der Waals surface area (Å²) in [5, 5.41) is 9.19. The fraction of sp³-hybridized carbons (Fsp3) is 0.500. The van der Waals surface area contributed by atoms with E-state index in [2.05, 4.69) is 12.1 Å². The van der Waals surface area contributed by atoms with Gasteiger partial charge >= 0.3 is 0 Å². The fourth-order valence-electron chi connectivity index (χ4n) is 2.27. The van der Waals surface area contributed by atoms with E-state index in [1.807, 2.05) is 23.1 Å². The summed E-state index contributed by atoms with van der Waals surface area (Å²) in [6.45, 7) is 0.894. The Morgan fingerprint density at radius 1 is 1.39 bits per heavy atom. The molecular formula is C14H19NO2S. The molecule has 0 aromatic heterocycles. The molecule has 1 aromatic rings. The molecule has 0 aliphatic carbocycles. The number of rotatable bonds is 5. The highest BCUT2D eigenvalue weighted by molar-refractivity contribution is 7.99. The Balaban J connectivity index is 1.75. The maximum absolute atomic E-state index is 12.0. The van der Waals surface area contributed by atoms with E-state index in [9.17, 15) is 9.90 Å². The Morgan fingerprint density at radius 2 is 2.17 bits per heavy atom. The molecule has 1 amide bonds. The van der Waals surface area contributed by atoms with E-state index in [0.717, 1.165) is 25.1 Å². The first-order valence-corrected chi connectivity index (χ1v) is 7.48. The van der Waals surface area contributed by atoms with Crippen LogP contribution in [0, 0.1) is 0 Å². The van der Waals surface area contributed by atoms with Crippen LogP contribution in [-0.4, -0.2) is 40.9 Å². The molecule has 1 heterocycles. The number of aliphatic hydroxyl groups excluding tert-OH is 1. The van der Waals surface area contributed by atoms with Crippen LogP contribution < -0.4 is 0 Å². The first-order chi connectivity index (χ1) is 8.81. The van der Waals surface area contributed by atoms with Crippen molar-refractivity contribution in [1.29, 1.82) is 0 Å². The van der Waals surface area contributed by atoms with E-state index in [-0.39, 0.29) is 18.6 Å². The van der Waals surface area contributed by atoms with E-state index in [1.165, 1.54) is 5.56 Å². The summed E-state index contributed by atoms with van der Waals surface area (Å²) in [7, 11) is 0. The number of thioether (sulfide) groups is 1. The van der Waals surface area contributed by atoms with Crippen molar-refractivity contribution in [3.63, 3.8) is 0 Å². The van der Waals surface area contributed by atoms with Crippen molar-refractivity contribution in [2.24, 2.45) is 0 Å². The third-order valence-electron chi connectivity index (χ3n) is 3.25. The van der Waals surface area contributed by atoms with Gasteiger partial charge in [0.05, 0.1) is 18.4 Å². The minimum absolute atomic E-state index is 0.0508. The Bertz CT molecular complexity index is 383. The van der Waals surface area contributed by atoms with Gasteiger partial charge in [0.1, 0.15) is 0 Å². The smallest absolute Gasteiger partial charge is 0.232 e. The van der Waals surface area contributed by atoms with Crippen molar-refractivity contribution < 1.29 is 9.90 Å². The van der Waals surface area contributed by atoms with Gasteiger partial charge in [0, 0.05) is 12.3 Å². The zero-order valence-electron chi connectivity index (χ0n) is 10.4. The van der Waals surface area contributed by atoms with Crippen LogP contribution in [0.25, 0.3) is 0 Å². The second kappa shape index (κ2) is 6.81. The minimum Gasteiger partial charge on any atom is -0.394 e. The van der Waals surface area contributed by atoms with Crippen molar-refractivity contribution in [1.82, 2.24) is 4.90 Å². The van der Waals surface area contributed by atoms with Gasteiger partial charge < -0.3 is 10.0 Å². The van der Waals surface area contributed by atoms with Crippen LogP contribution in [0.2, 0.25) is 0 Å². The van der Waals surface area contributed by atoms with Gasteiger partial charge in [-0.05, 0) is 18.4 Å². The van der Waals surface area contributed by atoms with Gasteiger partial charge in [0.25, 0.3) is 0 Å². The Morgan fingerprint density at radius 3 is 2.89 bits per heavy atom. The number of carbonyl (C=O) groups is 1. The Labute approximate surface area is 112 Å². The molecular weight excluding hydrogens is 246 g/mol. The Kier molecular flexibility index (Phi) is 5.08. The molecule has 1 aromatic carbocycles. The molecule has 18 heavy (non-hydrogen) atoms. The average molecular weight is 265 g/mol. The number of benzene rings is 1. The topological polar surface area (TPSA) is 40.5 Å². The minimum atomic E-state index is 0.0508. The number of nitrogens with zero attached hydrogens (tertiary/aromatic N) is 1. The normalized spacial score (nSPS) is 19.2. The Hall–Kier alpha value is -1.00. The van der Waals surface area contributed by atoms with E-state index in [1.54, 1.807) is 11.8 Å². The molecule has 4 heteroatoms. The monoisotopic (exact) mass is 265 g/mol. The fourth-order valence-corrected chi connectivity index (χ4v) is 3.14. The van der Waals surface area contributed by atoms with Crippen LogP contribution in [0.4, 0.5) is 0 Å². The lowest BCUT2D eigenvalue weighted by Gasteiger charge is -2.22. The van der Waals surface area contributed by atoms with Gasteiger partial charge in [-0.15, -0.1) is 11.8 Å². The molecule has 1 unspecified atom stereocenters. The standard InChI is InChI=1S/C14H19NO2S/c16-9-13-7-4-8-15(13)14(17)11-18-10-12-5-2-1-3-6-12/h1-3,5-6,13,16H,4,7-11H2. The summed E-state index contributed by atoms with van der Waals surface area (Å²) in [5.74, 6) is 1.53. The van der Waals surface area contributed by atoms with Gasteiger partial charge in [-0.25, -0.2) is 0 Å². The average Bonchev–Trinajstić information content (AvgIpc) is 2.88. The SMILES string of the molecule is O=C(CSCc1ccccc1)N1CCCC1CO. The second-order valence-electron chi connectivity index (χ2n) is 4.54. The number of aliphatic hydroxyl groups is 1. The summed E-state index contributed by atoms with van der Waals surface area (Å²) in [4.78, 5) is 13.8. The molecule has 1 N–H and O–H groups in total. The van der Waals surface area contributed by atoms with Crippen LogP contribution in [0.5, 0.6) is 0 Å². The molecule has 1 fully saturated rings. The zero-order chi connectivity index (χ0) is 12.8. The van der Waals surface area contributed by atoms with Crippen LogP contribution in [0.3, 0.4) is 0 Å². The number of amides is 1. The first kappa shape index (κ1) is 13.4. The van der Waals surface area contributed by atoms with E-state index in [4.69, 9.17) is 0 Å². The highest BCUT2D eigenvalue weighted by Crippen LogP contribution is 2.19. The third-order valence-corrected chi connectivity index (χ3v) is 4.23. The summed E-state index contributed by atoms with van der Waals surface area (Å²) >= 11 is 1.64. The lowest BCUT2D eigenvalue weighted by molar-refractivity contribution is -0.129. The van der Waals surface area contributed by atoms with E-state index >= 15 is 0 Å². The molecule has 2 rings (SSSR count). The van der Waals surface area contributed by atoms with Gasteiger partial charge in [0.15, 0.2) is 0 Å². The van der Waals surface area contributed by atoms with Crippen molar-refractivity contribution in [3.8, 4) is 0 Å². The van der Waals surface area contributed by atoms with Gasteiger partial charge in [-0.1, -0.05) is 30.3 Å². The van der Waals surface area contributed by atoms with Crippen molar-refractivity contribution in [3.05, 3.63) is 35.9 Å². The molecule has 98 valence electrons. The maximum atomic E-state index is 12.0. The second-order valence-corrected chi connectivity index (χ2v) is 5.53. The molecule has 1 aliphatic rings. The maximum Gasteiger partial charge on any atom is 0.232 e. The largest absolute Gasteiger partial charge is 0.394 e. The molecule has 1 saturated heterocycles. The summed E-state index contributed by atoms with van der Waals surface area (Å²) in [6.07, 6.45) is 1.95. The van der Waals surface area contributed by atoms with Crippen LogP contribution >= 0.6 is 11.8 Å². The summed E-state index contributed by atoms with van der Waals surface area (Å²) in [6, 6.07) is 10.2. The number of hydrogen-bond donors (Lipinski definition) is 1. The molecule has 3 nitrogen and oxygen atoms in total. The lowest BCUT2D eigenvalue weighted by Crippen LogP contribution is -2.38. The molecule has 0 radical (unpaired) electrons. The third kappa shape index (κ3) is 3.50. The zero-order valence-corrected chi connectivity index (χ0v) is 11.2. The molecule has 1 aliphatic heterocycles. The highest BCUT2D eigenvalue weighted by Gasteiger charge is 2.27. The summed E-state index contributed by atoms with van der Waals surface area (Å²) in [5.41, 5.74) is 1.25. The number of carbonyl (C=O) groups excluding carboxylic acids is 1. The molecule has 0 spiro atoms. The van der Waals surface area contributed by atoms with Gasteiger partial charge in [-0.2, -0.15) is 0 Å². The lowest BCUT2D eigenvalue weighted by atomic mass is 10.2. The van der Waals surface area contributed by atoms with Crippen LogP contribution in [0.15, 0.2) is 30.3 Å². The molecule has 0 bridgehead atoms. The van der Waals surface area contributed by atoms with Crippen molar-refractivity contribution >= 4 is 17.7 Å². The number of likely N-dealkylation sites (tertiary alicyclic amines) is 1. The predicted molar refractivity (Wildman–Crippen MR) is 74.4 cm³/mol. The van der Waals surface area contributed by atoms with E-state index in [0.29, 0.717) is 5.75 Å². The molecule has 0 saturated carbocycles. The van der Waals surface area contributed by atoms with Crippen LogP contribution in [0.1, 0.15) is 18.4 Å². The van der Waals surface area contributed by atoms with Crippen LogP contribution in [-0.2, 0) is 10.5 Å². The quantitative estimate of drug-likeness (QED) is 0.884. The van der Waals surface area contributed by atoms with Gasteiger partial charge in [0.2, 0.25) is 5.91 Å². The number of hydrogen-bond acceptors (Lipinski definition) is 3. The van der Waals surface area contributed by atoms with Crippen molar-refractivity contribution in [2.75, 3.05) is 18.9 Å².